The molecule has 10 nitrogen and oxygen atoms in total. The number of hydrogen-bond donors (Lipinski definition) is 3. The van der Waals surface area contributed by atoms with Gasteiger partial charge in [-0.3, -0.25) is 0 Å². The summed E-state index contributed by atoms with van der Waals surface area (Å²) in [4.78, 5) is 15.4. The average Bonchev–Trinajstić information content (AvgIpc) is 2.90. The van der Waals surface area contributed by atoms with E-state index in [0.29, 0.717) is 22.9 Å². The summed E-state index contributed by atoms with van der Waals surface area (Å²) in [5.74, 6) is 1.22. The predicted molar refractivity (Wildman–Crippen MR) is 145 cm³/mol. The molecule has 0 radical (unpaired) electrons. The third-order valence-electron chi connectivity index (χ3n) is 7.20. The summed E-state index contributed by atoms with van der Waals surface area (Å²) in [5, 5.41) is 9.96. The number of benzene rings is 2. The van der Waals surface area contributed by atoms with Crippen LogP contribution in [0.25, 0.3) is 0 Å². The minimum absolute atomic E-state index is 0.171. The van der Waals surface area contributed by atoms with Gasteiger partial charge in [0.05, 0.1) is 23.4 Å². The molecule has 11 heteroatoms. The summed E-state index contributed by atoms with van der Waals surface area (Å²) in [7, 11) is -1.77. The van der Waals surface area contributed by atoms with Crippen molar-refractivity contribution in [3.8, 4) is 5.75 Å². The second-order valence-corrected chi connectivity index (χ2v) is 11.7. The van der Waals surface area contributed by atoms with E-state index in [4.69, 9.17) is 4.74 Å². The van der Waals surface area contributed by atoms with Gasteiger partial charge in [0.15, 0.2) is 9.84 Å². The highest BCUT2D eigenvalue weighted by atomic mass is 32.2. The first-order chi connectivity index (χ1) is 17.9. The molecule has 1 aromatic heterocycles. The maximum Gasteiger partial charge on any atom is 0.232 e. The van der Waals surface area contributed by atoms with Gasteiger partial charge in [0, 0.05) is 36.6 Å². The van der Waals surface area contributed by atoms with Crippen LogP contribution in [0.1, 0.15) is 32.1 Å². The van der Waals surface area contributed by atoms with Crippen LogP contribution in [0, 0.1) is 0 Å². The topological polar surface area (TPSA) is 121 Å². The SMILES string of the molecule is COc1cc(N2CCC3(CCCCN3)CC2)ccc1Nc1ncnc(Nc2ccccc2S(C)(=O)=O)n1. The van der Waals surface area contributed by atoms with E-state index in [0.717, 1.165) is 43.9 Å². The van der Waals surface area contributed by atoms with Crippen LogP contribution in [0.2, 0.25) is 0 Å². The number of sulfone groups is 1. The lowest BCUT2D eigenvalue weighted by molar-refractivity contribution is 0.206. The number of hydrogen-bond acceptors (Lipinski definition) is 10. The van der Waals surface area contributed by atoms with E-state index in [1.807, 2.05) is 12.1 Å². The number of rotatable bonds is 7. The number of nitrogens with one attached hydrogen (secondary N) is 3. The summed E-state index contributed by atoms with van der Waals surface area (Å²) >= 11 is 0. The molecule has 2 aromatic carbocycles. The summed E-state index contributed by atoms with van der Waals surface area (Å²) in [6, 6.07) is 12.7. The van der Waals surface area contributed by atoms with Crippen molar-refractivity contribution in [1.82, 2.24) is 20.3 Å². The van der Waals surface area contributed by atoms with Gasteiger partial charge in [0.25, 0.3) is 0 Å². The average molecular weight is 524 g/mol. The molecule has 0 bridgehead atoms. The standard InChI is InChI=1S/C26H33N7O3S/c1-36-22-17-19(33-15-12-26(13-16-33)11-5-6-14-29-26)9-10-20(22)30-24-27-18-28-25(32-24)31-21-7-3-4-8-23(21)37(2,34)35/h3-4,7-10,17-18,29H,5-6,11-16H2,1-2H3,(H2,27,28,30,31,32). The van der Waals surface area contributed by atoms with E-state index in [1.165, 1.54) is 37.9 Å². The normalized spacial score (nSPS) is 17.4. The molecule has 37 heavy (non-hydrogen) atoms. The number of anilines is 5. The van der Waals surface area contributed by atoms with Crippen LogP contribution in [-0.4, -0.2) is 61.9 Å². The Morgan fingerprint density at radius 1 is 0.973 bits per heavy atom. The van der Waals surface area contributed by atoms with Crippen LogP contribution >= 0.6 is 0 Å². The van der Waals surface area contributed by atoms with Crippen LogP contribution in [0.4, 0.5) is 29.0 Å². The van der Waals surface area contributed by atoms with Gasteiger partial charge in [-0.05, 0) is 56.5 Å². The molecular formula is C26H33N7O3S. The predicted octanol–water partition coefficient (Wildman–Crippen LogP) is 3.88. The molecule has 2 saturated heterocycles. The molecule has 2 aliphatic rings. The third kappa shape index (κ3) is 5.78. The summed E-state index contributed by atoms with van der Waals surface area (Å²) < 4.78 is 29.9. The van der Waals surface area contributed by atoms with Crippen LogP contribution in [-0.2, 0) is 9.84 Å². The van der Waals surface area contributed by atoms with Gasteiger partial charge in [0.2, 0.25) is 11.9 Å². The quantitative estimate of drug-likeness (QED) is 0.421. The van der Waals surface area contributed by atoms with Crippen LogP contribution in [0.5, 0.6) is 5.75 Å². The number of methoxy groups -OCH3 is 1. The van der Waals surface area contributed by atoms with Crippen molar-refractivity contribution < 1.29 is 13.2 Å². The Bertz CT molecular complexity index is 1350. The van der Waals surface area contributed by atoms with Crippen LogP contribution < -0.4 is 25.6 Å². The molecule has 5 rings (SSSR count). The van der Waals surface area contributed by atoms with E-state index in [2.05, 4.69) is 41.9 Å². The molecule has 3 N–H and O–H groups in total. The molecule has 0 saturated carbocycles. The largest absolute Gasteiger partial charge is 0.494 e. The zero-order valence-electron chi connectivity index (χ0n) is 21.2. The second-order valence-electron chi connectivity index (χ2n) is 9.69. The zero-order valence-corrected chi connectivity index (χ0v) is 22.0. The highest BCUT2D eigenvalue weighted by molar-refractivity contribution is 7.90. The fourth-order valence-corrected chi connectivity index (χ4v) is 6.03. The Balaban J connectivity index is 1.29. The molecule has 0 aliphatic carbocycles. The number of aromatic nitrogens is 3. The molecule has 0 amide bonds. The van der Waals surface area contributed by atoms with Gasteiger partial charge in [-0.1, -0.05) is 18.6 Å². The molecule has 0 unspecified atom stereocenters. The van der Waals surface area contributed by atoms with Crippen molar-refractivity contribution in [2.45, 2.75) is 42.5 Å². The molecule has 0 atom stereocenters. The summed E-state index contributed by atoms with van der Waals surface area (Å²) in [5.41, 5.74) is 2.56. The zero-order chi connectivity index (χ0) is 25.9. The van der Waals surface area contributed by atoms with Gasteiger partial charge in [-0.25, -0.2) is 18.4 Å². The highest BCUT2D eigenvalue weighted by Gasteiger charge is 2.35. The molecule has 1 spiro atoms. The molecule has 3 aromatic rings. The fourth-order valence-electron chi connectivity index (χ4n) is 5.18. The van der Waals surface area contributed by atoms with E-state index < -0.39 is 9.84 Å². The highest BCUT2D eigenvalue weighted by Crippen LogP contribution is 2.36. The smallest absolute Gasteiger partial charge is 0.232 e. The maximum atomic E-state index is 12.1. The molecule has 3 heterocycles. The van der Waals surface area contributed by atoms with Crippen molar-refractivity contribution in [3.63, 3.8) is 0 Å². The fraction of sp³-hybridized carbons (Fsp3) is 0.423. The van der Waals surface area contributed by atoms with E-state index in [9.17, 15) is 8.42 Å². The monoisotopic (exact) mass is 523 g/mol. The minimum atomic E-state index is -3.42. The van der Waals surface area contributed by atoms with Crippen LogP contribution in [0.15, 0.2) is 53.7 Å². The van der Waals surface area contributed by atoms with Gasteiger partial charge < -0.3 is 25.6 Å². The second kappa shape index (κ2) is 10.5. The number of para-hydroxylation sites is 1. The Morgan fingerprint density at radius 2 is 1.70 bits per heavy atom. The molecule has 196 valence electrons. The summed E-state index contributed by atoms with van der Waals surface area (Å²) in [6.45, 7) is 3.16. The summed E-state index contributed by atoms with van der Waals surface area (Å²) in [6.07, 6.45) is 8.71. The van der Waals surface area contributed by atoms with Gasteiger partial charge in [0.1, 0.15) is 12.1 Å². The van der Waals surface area contributed by atoms with Gasteiger partial charge >= 0.3 is 0 Å². The Kier molecular flexibility index (Phi) is 7.16. The minimum Gasteiger partial charge on any atom is -0.494 e. The van der Waals surface area contributed by atoms with Crippen LogP contribution in [0.3, 0.4) is 0 Å². The van der Waals surface area contributed by atoms with Gasteiger partial charge in [-0.15, -0.1) is 0 Å². The number of ether oxygens (including phenoxy) is 1. The van der Waals surface area contributed by atoms with E-state index in [-0.39, 0.29) is 10.8 Å². The first kappa shape index (κ1) is 25.2. The Labute approximate surface area is 217 Å². The van der Waals surface area contributed by atoms with Crippen molar-refractivity contribution >= 4 is 38.8 Å². The molecular weight excluding hydrogens is 490 g/mol. The number of piperidine rings is 2. The molecule has 2 aliphatic heterocycles. The van der Waals surface area contributed by atoms with Crippen molar-refractivity contribution in [1.29, 1.82) is 0 Å². The van der Waals surface area contributed by atoms with Crippen molar-refractivity contribution in [2.24, 2.45) is 0 Å². The Hall–Kier alpha value is -3.44. The lowest BCUT2D eigenvalue weighted by Crippen LogP contribution is -2.55. The van der Waals surface area contributed by atoms with E-state index >= 15 is 0 Å². The molecule has 2 fully saturated rings. The van der Waals surface area contributed by atoms with Crippen molar-refractivity contribution in [3.05, 3.63) is 48.8 Å². The van der Waals surface area contributed by atoms with Gasteiger partial charge in [-0.2, -0.15) is 4.98 Å². The van der Waals surface area contributed by atoms with E-state index in [1.54, 1.807) is 25.3 Å². The first-order valence-corrected chi connectivity index (χ1v) is 14.4. The lowest BCUT2D eigenvalue weighted by atomic mass is 9.80. The first-order valence-electron chi connectivity index (χ1n) is 12.6. The maximum absolute atomic E-state index is 12.1. The number of nitrogens with zero attached hydrogens (tertiary/aromatic N) is 4. The third-order valence-corrected chi connectivity index (χ3v) is 8.36. The lowest BCUT2D eigenvalue weighted by Gasteiger charge is -2.45. The Morgan fingerprint density at radius 3 is 2.38 bits per heavy atom. The van der Waals surface area contributed by atoms with Crippen molar-refractivity contribution in [2.75, 3.05) is 48.5 Å².